The minimum atomic E-state index is -0.329. The summed E-state index contributed by atoms with van der Waals surface area (Å²) in [4.78, 5) is 14.5. The number of hydrogen-bond acceptors (Lipinski definition) is 5. The molecule has 1 aromatic carbocycles. The Bertz CT molecular complexity index is 659. The lowest BCUT2D eigenvalue weighted by Gasteiger charge is -2.37. The van der Waals surface area contributed by atoms with Crippen LogP contribution in [0.2, 0.25) is 0 Å². The molecule has 2 aliphatic rings. The molecule has 0 saturated carbocycles. The van der Waals surface area contributed by atoms with Crippen molar-refractivity contribution in [3.05, 3.63) is 24.0 Å². The highest BCUT2D eigenvalue weighted by atomic mass is 19.1. The number of anilines is 2. The van der Waals surface area contributed by atoms with E-state index in [-0.39, 0.29) is 36.0 Å². The molecule has 6 nitrogen and oxygen atoms in total. The van der Waals surface area contributed by atoms with E-state index in [0.29, 0.717) is 30.4 Å². The zero-order valence-electron chi connectivity index (χ0n) is 16.6. The van der Waals surface area contributed by atoms with Gasteiger partial charge in [-0.3, -0.25) is 10.2 Å². The normalized spacial score (nSPS) is 28.6. The Morgan fingerprint density at radius 1 is 1.30 bits per heavy atom. The Kier molecular flexibility index (Phi) is 6.34. The molecular formula is C20H31FN4O2. The second kappa shape index (κ2) is 8.54. The van der Waals surface area contributed by atoms with Crippen molar-refractivity contribution in [2.75, 3.05) is 23.3 Å². The van der Waals surface area contributed by atoms with Gasteiger partial charge in [0, 0.05) is 24.8 Å². The van der Waals surface area contributed by atoms with Crippen molar-refractivity contribution in [3.63, 3.8) is 0 Å². The van der Waals surface area contributed by atoms with E-state index in [0.717, 1.165) is 12.8 Å². The van der Waals surface area contributed by atoms with Crippen LogP contribution in [0.5, 0.6) is 0 Å². The van der Waals surface area contributed by atoms with Crippen LogP contribution in [-0.2, 0) is 9.53 Å². The molecule has 2 fully saturated rings. The lowest BCUT2D eigenvalue weighted by atomic mass is 10.00. The summed E-state index contributed by atoms with van der Waals surface area (Å²) in [7, 11) is 0. The van der Waals surface area contributed by atoms with Crippen LogP contribution >= 0.6 is 0 Å². The molecule has 0 bridgehead atoms. The predicted molar refractivity (Wildman–Crippen MR) is 105 cm³/mol. The Labute approximate surface area is 160 Å². The highest BCUT2D eigenvalue weighted by Gasteiger charge is 2.30. The number of amides is 1. The van der Waals surface area contributed by atoms with Crippen molar-refractivity contribution >= 4 is 17.3 Å². The zero-order chi connectivity index (χ0) is 19.6. The summed E-state index contributed by atoms with van der Waals surface area (Å²) < 4.78 is 20.4. The standard InChI is InChI=1S/C20H31FN4O2/c1-12(2)7-16-9-18(24-23-16)20(26)22-15-5-6-19(17(21)8-15)25-10-13(3)27-14(4)11-25/h5-6,8,12-14,16,18,23-24H,7,9-11H2,1-4H3,(H,22,26). The predicted octanol–water partition coefficient (Wildman–Crippen LogP) is 2.66. The summed E-state index contributed by atoms with van der Waals surface area (Å²) in [5, 5.41) is 2.82. The molecular weight excluding hydrogens is 347 g/mol. The average molecular weight is 378 g/mol. The van der Waals surface area contributed by atoms with Gasteiger partial charge in [-0.1, -0.05) is 13.8 Å². The second-order valence-electron chi connectivity index (χ2n) is 8.22. The van der Waals surface area contributed by atoms with Gasteiger partial charge in [0.25, 0.3) is 0 Å². The number of hydrazine groups is 1. The summed E-state index contributed by atoms with van der Waals surface area (Å²) in [5.41, 5.74) is 7.24. The summed E-state index contributed by atoms with van der Waals surface area (Å²) in [6.07, 6.45) is 1.87. The van der Waals surface area contributed by atoms with Crippen LogP contribution in [0.1, 0.15) is 40.5 Å². The molecule has 4 unspecified atom stereocenters. The lowest BCUT2D eigenvalue weighted by molar-refractivity contribution is -0.117. The third-order valence-corrected chi connectivity index (χ3v) is 5.03. The maximum Gasteiger partial charge on any atom is 0.242 e. The molecule has 4 atom stereocenters. The Morgan fingerprint density at radius 2 is 2.00 bits per heavy atom. The van der Waals surface area contributed by atoms with Crippen LogP contribution in [0.15, 0.2) is 18.2 Å². The van der Waals surface area contributed by atoms with E-state index in [2.05, 4.69) is 30.0 Å². The van der Waals surface area contributed by atoms with Crippen LogP contribution in [0.4, 0.5) is 15.8 Å². The molecule has 1 aromatic rings. The molecule has 0 aromatic heterocycles. The topological polar surface area (TPSA) is 65.6 Å². The number of benzene rings is 1. The fourth-order valence-corrected chi connectivity index (χ4v) is 3.96. The lowest BCUT2D eigenvalue weighted by Crippen LogP contribution is -2.45. The van der Waals surface area contributed by atoms with Crippen molar-refractivity contribution in [1.82, 2.24) is 10.9 Å². The van der Waals surface area contributed by atoms with E-state index in [4.69, 9.17) is 4.74 Å². The number of morpholine rings is 1. The monoisotopic (exact) mass is 378 g/mol. The van der Waals surface area contributed by atoms with Crippen molar-refractivity contribution in [2.24, 2.45) is 5.92 Å². The van der Waals surface area contributed by atoms with Gasteiger partial charge in [0.15, 0.2) is 0 Å². The molecule has 2 heterocycles. The minimum Gasteiger partial charge on any atom is -0.372 e. The van der Waals surface area contributed by atoms with E-state index < -0.39 is 0 Å². The fourth-order valence-electron chi connectivity index (χ4n) is 3.96. The van der Waals surface area contributed by atoms with Crippen molar-refractivity contribution in [1.29, 1.82) is 0 Å². The quantitative estimate of drug-likeness (QED) is 0.735. The molecule has 2 saturated heterocycles. The minimum absolute atomic E-state index is 0.0623. The van der Waals surface area contributed by atoms with Gasteiger partial charge in [0.1, 0.15) is 11.9 Å². The smallest absolute Gasteiger partial charge is 0.242 e. The number of nitrogens with zero attached hydrogens (tertiary/aromatic N) is 1. The zero-order valence-corrected chi connectivity index (χ0v) is 16.6. The number of halogens is 1. The average Bonchev–Trinajstić information content (AvgIpc) is 3.01. The highest BCUT2D eigenvalue weighted by molar-refractivity contribution is 5.95. The molecule has 2 aliphatic heterocycles. The van der Waals surface area contributed by atoms with Crippen molar-refractivity contribution < 1.29 is 13.9 Å². The van der Waals surface area contributed by atoms with Crippen LogP contribution in [-0.4, -0.2) is 43.3 Å². The second-order valence-corrected chi connectivity index (χ2v) is 8.22. The number of ether oxygens (including phenoxy) is 1. The van der Waals surface area contributed by atoms with Gasteiger partial charge in [-0.15, -0.1) is 0 Å². The van der Waals surface area contributed by atoms with E-state index in [9.17, 15) is 9.18 Å². The molecule has 3 N–H and O–H groups in total. The molecule has 0 aliphatic carbocycles. The maximum atomic E-state index is 14.7. The van der Waals surface area contributed by atoms with Gasteiger partial charge in [0.05, 0.1) is 17.9 Å². The first-order valence-corrected chi connectivity index (χ1v) is 9.83. The van der Waals surface area contributed by atoms with Gasteiger partial charge in [-0.05, 0) is 50.8 Å². The third kappa shape index (κ3) is 5.18. The Hall–Kier alpha value is -1.70. The van der Waals surface area contributed by atoms with Crippen LogP contribution in [0, 0.1) is 11.7 Å². The van der Waals surface area contributed by atoms with Gasteiger partial charge >= 0.3 is 0 Å². The van der Waals surface area contributed by atoms with E-state index in [1.165, 1.54) is 6.07 Å². The summed E-state index contributed by atoms with van der Waals surface area (Å²) in [6, 6.07) is 4.86. The maximum absolute atomic E-state index is 14.7. The largest absolute Gasteiger partial charge is 0.372 e. The summed E-state index contributed by atoms with van der Waals surface area (Å²) in [5.74, 6) is 0.0946. The van der Waals surface area contributed by atoms with Crippen molar-refractivity contribution in [3.8, 4) is 0 Å². The Balaban J connectivity index is 1.60. The Morgan fingerprint density at radius 3 is 2.63 bits per heavy atom. The number of rotatable bonds is 5. The van der Waals surface area contributed by atoms with Crippen LogP contribution < -0.4 is 21.1 Å². The van der Waals surface area contributed by atoms with Crippen LogP contribution in [0.3, 0.4) is 0 Å². The molecule has 3 rings (SSSR count). The third-order valence-electron chi connectivity index (χ3n) is 5.03. The van der Waals surface area contributed by atoms with Gasteiger partial charge < -0.3 is 15.0 Å². The fraction of sp³-hybridized carbons (Fsp3) is 0.650. The number of carbonyl (C=O) groups excluding carboxylic acids is 1. The first-order valence-electron chi connectivity index (χ1n) is 9.83. The van der Waals surface area contributed by atoms with Crippen LogP contribution in [0.25, 0.3) is 0 Å². The van der Waals surface area contributed by atoms with E-state index >= 15 is 0 Å². The molecule has 27 heavy (non-hydrogen) atoms. The summed E-state index contributed by atoms with van der Waals surface area (Å²) >= 11 is 0. The molecule has 0 radical (unpaired) electrons. The van der Waals surface area contributed by atoms with E-state index in [1.54, 1.807) is 12.1 Å². The van der Waals surface area contributed by atoms with Gasteiger partial charge in [-0.25, -0.2) is 9.82 Å². The summed E-state index contributed by atoms with van der Waals surface area (Å²) in [6.45, 7) is 9.61. The molecule has 1 amide bonds. The van der Waals surface area contributed by atoms with E-state index in [1.807, 2.05) is 18.7 Å². The molecule has 0 spiro atoms. The number of carbonyl (C=O) groups is 1. The molecule has 7 heteroatoms. The van der Waals surface area contributed by atoms with Gasteiger partial charge in [0.2, 0.25) is 5.91 Å². The SMILES string of the molecule is CC(C)CC1CC(C(=O)Nc2ccc(N3CC(C)OC(C)C3)c(F)c2)NN1. The first-order chi connectivity index (χ1) is 12.8. The first kappa shape index (κ1) is 20.0. The van der Waals surface area contributed by atoms with Gasteiger partial charge in [-0.2, -0.15) is 0 Å². The highest BCUT2D eigenvalue weighted by Crippen LogP contribution is 2.26. The number of hydrogen-bond donors (Lipinski definition) is 3. The number of nitrogens with one attached hydrogen (secondary N) is 3. The van der Waals surface area contributed by atoms with Crippen molar-refractivity contribution in [2.45, 2.75) is 64.8 Å². The molecule has 150 valence electrons.